The predicted molar refractivity (Wildman–Crippen MR) is 116 cm³/mol. The van der Waals surface area contributed by atoms with E-state index in [4.69, 9.17) is 0 Å². The van der Waals surface area contributed by atoms with E-state index < -0.39 is 0 Å². The Hall–Kier alpha value is -3.73. The van der Waals surface area contributed by atoms with Gasteiger partial charge in [0.05, 0.1) is 5.71 Å². The first kappa shape index (κ1) is 20.0. The zero-order valence-electron chi connectivity index (χ0n) is 16.5. The van der Waals surface area contributed by atoms with E-state index >= 15 is 0 Å². The van der Waals surface area contributed by atoms with Gasteiger partial charge in [-0.15, -0.1) is 0 Å². The zero-order chi connectivity index (χ0) is 20.6. The topological polar surface area (TPSA) is 70.6 Å². The van der Waals surface area contributed by atoms with Gasteiger partial charge < -0.3 is 5.32 Å². The predicted octanol–water partition coefficient (Wildman–Crippen LogP) is 4.79. The fourth-order valence-corrected chi connectivity index (χ4v) is 2.86. The van der Waals surface area contributed by atoms with Crippen LogP contribution in [0.1, 0.15) is 45.2 Å². The standard InChI is InChI=1S/C24H23N3O2/c1-3-22(18-9-5-4-6-10-18)26-27-24(29)19-12-14-21(15-13-19)25-23(28)20-11-7-8-17(2)16-20/h4-16H,3H2,1-2H3,(H,25,28)(H,27,29). The summed E-state index contributed by atoms with van der Waals surface area (Å²) in [5, 5.41) is 7.09. The number of nitrogens with zero attached hydrogens (tertiary/aromatic N) is 1. The molecule has 2 N–H and O–H groups in total. The average Bonchev–Trinajstić information content (AvgIpc) is 2.75. The van der Waals surface area contributed by atoms with Crippen LogP contribution < -0.4 is 10.7 Å². The monoisotopic (exact) mass is 385 g/mol. The number of anilines is 1. The number of aryl methyl sites for hydroxylation is 1. The summed E-state index contributed by atoms with van der Waals surface area (Å²) in [7, 11) is 0. The summed E-state index contributed by atoms with van der Waals surface area (Å²) in [4.78, 5) is 24.7. The number of hydrazone groups is 1. The Morgan fingerprint density at radius 3 is 2.14 bits per heavy atom. The van der Waals surface area contributed by atoms with Crippen LogP contribution in [0.2, 0.25) is 0 Å². The molecule has 3 aromatic rings. The number of hydrogen-bond donors (Lipinski definition) is 2. The molecule has 5 heteroatoms. The third-order valence-corrected chi connectivity index (χ3v) is 4.42. The summed E-state index contributed by atoms with van der Waals surface area (Å²) >= 11 is 0. The largest absolute Gasteiger partial charge is 0.322 e. The molecular formula is C24H23N3O2. The highest BCUT2D eigenvalue weighted by Gasteiger charge is 2.09. The van der Waals surface area contributed by atoms with Gasteiger partial charge in [0.2, 0.25) is 0 Å². The fraction of sp³-hybridized carbons (Fsp3) is 0.125. The number of carbonyl (C=O) groups is 2. The minimum absolute atomic E-state index is 0.189. The minimum atomic E-state index is -0.302. The van der Waals surface area contributed by atoms with Crippen LogP contribution >= 0.6 is 0 Å². The summed E-state index contributed by atoms with van der Waals surface area (Å²) in [5.41, 5.74) is 7.08. The van der Waals surface area contributed by atoms with Gasteiger partial charge in [0.15, 0.2) is 0 Å². The summed E-state index contributed by atoms with van der Waals surface area (Å²) < 4.78 is 0. The number of hydrogen-bond acceptors (Lipinski definition) is 3. The molecule has 0 bridgehead atoms. The lowest BCUT2D eigenvalue weighted by Crippen LogP contribution is -2.20. The normalized spacial score (nSPS) is 11.0. The number of rotatable bonds is 6. The van der Waals surface area contributed by atoms with Crippen LogP contribution in [-0.2, 0) is 0 Å². The summed E-state index contributed by atoms with van der Waals surface area (Å²) in [6.45, 7) is 3.93. The highest BCUT2D eigenvalue weighted by Crippen LogP contribution is 2.13. The van der Waals surface area contributed by atoms with Crippen molar-refractivity contribution in [2.24, 2.45) is 5.10 Å². The Kier molecular flexibility index (Phi) is 6.53. The van der Waals surface area contributed by atoms with Gasteiger partial charge in [-0.2, -0.15) is 5.10 Å². The number of amides is 2. The molecule has 0 spiro atoms. The molecule has 0 aromatic heterocycles. The average molecular weight is 385 g/mol. The smallest absolute Gasteiger partial charge is 0.271 e. The van der Waals surface area contributed by atoms with Gasteiger partial charge in [0.25, 0.3) is 11.8 Å². The van der Waals surface area contributed by atoms with Gasteiger partial charge in [-0.25, -0.2) is 5.43 Å². The van der Waals surface area contributed by atoms with E-state index in [0.29, 0.717) is 23.2 Å². The maximum atomic E-state index is 12.4. The number of nitrogens with one attached hydrogen (secondary N) is 2. The SMILES string of the molecule is CCC(=NNC(=O)c1ccc(NC(=O)c2cccc(C)c2)cc1)c1ccccc1. The van der Waals surface area contributed by atoms with Crippen LogP contribution in [-0.4, -0.2) is 17.5 Å². The van der Waals surface area contributed by atoms with Crippen LogP contribution in [0.5, 0.6) is 0 Å². The first-order chi connectivity index (χ1) is 14.1. The van der Waals surface area contributed by atoms with Crippen LogP contribution in [0.4, 0.5) is 5.69 Å². The van der Waals surface area contributed by atoms with Crippen molar-refractivity contribution < 1.29 is 9.59 Å². The number of carbonyl (C=O) groups excluding carboxylic acids is 2. The van der Waals surface area contributed by atoms with Crippen molar-refractivity contribution in [3.05, 3.63) is 101 Å². The molecule has 29 heavy (non-hydrogen) atoms. The van der Waals surface area contributed by atoms with Gasteiger partial charge in [-0.3, -0.25) is 9.59 Å². The highest BCUT2D eigenvalue weighted by atomic mass is 16.2. The Balaban J connectivity index is 1.64. The van der Waals surface area contributed by atoms with Crippen molar-refractivity contribution >= 4 is 23.2 Å². The Morgan fingerprint density at radius 2 is 1.48 bits per heavy atom. The van der Waals surface area contributed by atoms with Gasteiger partial charge in [0.1, 0.15) is 0 Å². The molecular weight excluding hydrogens is 362 g/mol. The summed E-state index contributed by atoms with van der Waals surface area (Å²) in [5.74, 6) is -0.491. The van der Waals surface area contributed by atoms with Crippen LogP contribution in [0.15, 0.2) is 84.0 Å². The quantitative estimate of drug-likeness (QED) is 0.473. The third kappa shape index (κ3) is 5.39. The summed E-state index contributed by atoms with van der Waals surface area (Å²) in [6.07, 6.45) is 0.703. The highest BCUT2D eigenvalue weighted by molar-refractivity contribution is 6.05. The Morgan fingerprint density at radius 1 is 0.793 bits per heavy atom. The van der Waals surface area contributed by atoms with Gasteiger partial charge in [-0.1, -0.05) is 55.0 Å². The minimum Gasteiger partial charge on any atom is -0.322 e. The molecule has 0 heterocycles. The van der Waals surface area contributed by atoms with E-state index in [2.05, 4.69) is 15.8 Å². The lowest BCUT2D eigenvalue weighted by atomic mass is 10.1. The second kappa shape index (κ2) is 9.46. The van der Waals surface area contributed by atoms with E-state index in [1.165, 1.54) is 0 Å². The third-order valence-electron chi connectivity index (χ3n) is 4.42. The lowest BCUT2D eigenvalue weighted by Gasteiger charge is -2.08. The van der Waals surface area contributed by atoms with Gasteiger partial charge >= 0.3 is 0 Å². The van der Waals surface area contributed by atoms with E-state index in [1.807, 2.05) is 62.4 Å². The van der Waals surface area contributed by atoms with Crippen LogP contribution in [0.25, 0.3) is 0 Å². The lowest BCUT2D eigenvalue weighted by molar-refractivity contribution is 0.0954. The van der Waals surface area contributed by atoms with E-state index in [9.17, 15) is 9.59 Å². The molecule has 0 unspecified atom stereocenters. The van der Waals surface area contributed by atoms with E-state index in [-0.39, 0.29) is 11.8 Å². The second-order valence-corrected chi connectivity index (χ2v) is 6.62. The van der Waals surface area contributed by atoms with Crippen molar-refractivity contribution in [1.29, 1.82) is 0 Å². The maximum Gasteiger partial charge on any atom is 0.271 e. The fourth-order valence-electron chi connectivity index (χ4n) is 2.86. The maximum absolute atomic E-state index is 12.4. The molecule has 0 atom stereocenters. The number of benzene rings is 3. The van der Waals surface area contributed by atoms with Gasteiger partial charge in [-0.05, 0) is 55.3 Å². The Labute approximate surface area is 170 Å². The van der Waals surface area contributed by atoms with E-state index in [0.717, 1.165) is 16.8 Å². The molecule has 0 saturated heterocycles. The molecule has 0 fully saturated rings. The second-order valence-electron chi connectivity index (χ2n) is 6.62. The van der Waals surface area contributed by atoms with E-state index in [1.54, 1.807) is 30.3 Å². The Bertz CT molecular complexity index is 1030. The molecule has 0 aliphatic carbocycles. The molecule has 3 rings (SSSR count). The molecule has 146 valence electrons. The van der Waals surface area contributed by atoms with Crippen molar-refractivity contribution in [2.75, 3.05) is 5.32 Å². The van der Waals surface area contributed by atoms with Gasteiger partial charge in [0, 0.05) is 16.8 Å². The molecule has 0 radical (unpaired) electrons. The zero-order valence-corrected chi connectivity index (χ0v) is 16.5. The molecule has 3 aromatic carbocycles. The van der Waals surface area contributed by atoms with Crippen molar-refractivity contribution in [3.8, 4) is 0 Å². The molecule has 5 nitrogen and oxygen atoms in total. The van der Waals surface area contributed by atoms with Crippen molar-refractivity contribution in [3.63, 3.8) is 0 Å². The first-order valence-electron chi connectivity index (χ1n) is 9.47. The van der Waals surface area contributed by atoms with Crippen molar-refractivity contribution in [2.45, 2.75) is 20.3 Å². The van der Waals surface area contributed by atoms with Crippen molar-refractivity contribution in [1.82, 2.24) is 5.43 Å². The molecule has 0 aliphatic heterocycles. The molecule has 2 amide bonds. The van der Waals surface area contributed by atoms with Crippen LogP contribution in [0.3, 0.4) is 0 Å². The van der Waals surface area contributed by atoms with Crippen LogP contribution in [0, 0.1) is 6.92 Å². The molecule has 0 saturated carbocycles. The molecule has 0 aliphatic rings. The summed E-state index contributed by atoms with van der Waals surface area (Å²) in [6, 6.07) is 23.8. The first-order valence-corrected chi connectivity index (χ1v) is 9.47.